The molecule has 1 amide bonds. The predicted molar refractivity (Wildman–Crippen MR) is 142 cm³/mol. The third-order valence-corrected chi connectivity index (χ3v) is 6.47. The number of aliphatic hydroxyl groups is 1. The Bertz CT molecular complexity index is 1630. The van der Waals surface area contributed by atoms with E-state index in [1.54, 1.807) is 42.1 Å². The Kier molecular flexibility index (Phi) is 6.70. The van der Waals surface area contributed by atoms with Gasteiger partial charge in [0, 0.05) is 34.8 Å². The van der Waals surface area contributed by atoms with Crippen LogP contribution in [0.15, 0.2) is 94.6 Å². The molecular formula is C30H27N3O4. The number of aryl methyl sites for hydroxylation is 1. The number of nitrogens with one attached hydrogen (secondary N) is 1. The fraction of sp³-hybridized carbons (Fsp3) is 0.167. The summed E-state index contributed by atoms with van der Waals surface area (Å²) in [5.41, 5.74) is 5.26. The third-order valence-electron chi connectivity index (χ3n) is 6.47. The molecule has 0 aliphatic carbocycles. The summed E-state index contributed by atoms with van der Waals surface area (Å²) in [5.74, 6) is -0.183. The molecule has 0 aliphatic rings. The Morgan fingerprint density at radius 3 is 2.54 bits per heavy atom. The van der Waals surface area contributed by atoms with Crippen LogP contribution in [0.2, 0.25) is 0 Å². The maximum atomic E-state index is 13.4. The van der Waals surface area contributed by atoms with E-state index in [2.05, 4.69) is 10.5 Å². The predicted octanol–water partition coefficient (Wildman–Crippen LogP) is 5.00. The van der Waals surface area contributed by atoms with Crippen LogP contribution in [0.25, 0.3) is 21.9 Å². The van der Waals surface area contributed by atoms with Gasteiger partial charge in [0.05, 0.1) is 18.3 Å². The van der Waals surface area contributed by atoms with Crippen molar-refractivity contribution in [3.8, 4) is 11.1 Å². The van der Waals surface area contributed by atoms with Crippen molar-refractivity contribution in [2.24, 2.45) is 0 Å². The molecule has 5 rings (SSSR count). The topological polar surface area (TPSA) is 97.4 Å². The largest absolute Gasteiger partial charge is 0.389 e. The molecular weight excluding hydrogens is 466 g/mol. The quantitative estimate of drug-likeness (QED) is 0.333. The highest BCUT2D eigenvalue weighted by Gasteiger charge is 2.16. The first-order chi connectivity index (χ1) is 17.9. The molecule has 0 radical (unpaired) electrons. The summed E-state index contributed by atoms with van der Waals surface area (Å²) in [6.45, 7) is 4.23. The van der Waals surface area contributed by atoms with Crippen LogP contribution in [-0.4, -0.2) is 20.7 Å². The van der Waals surface area contributed by atoms with Gasteiger partial charge in [-0.25, -0.2) is 0 Å². The third kappa shape index (κ3) is 5.08. The van der Waals surface area contributed by atoms with Crippen molar-refractivity contribution in [2.45, 2.75) is 33.0 Å². The van der Waals surface area contributed by atoms with Crippen LogP contribution in [-0.2, 0) is 13.1 Å². The molecule has 0 saturated heterocycles. The second-order valence-corrected chi connectivity index (χ2v) is 9.14. The van der Waals surface area contributed by atoms with Gasteiger partial charge in [0.15, 0.2) is 0 Å². The number of amides is 1. The average Bonchev–Trinajstić information content (AvgIpc) is 3.35. The zero-order valence-corrected chi connectivity index (χ0v) is 20.6. The Labute approximate surface area is 214 Å². The molecule has 0 bridgehead atoms. The van der Waals surface area contributed by atoms with Crippen LogP contribution >= 0.6 is 0 Å². The standard InChI is InChI=1S/C30H27N3O4/c1-19-28(18-37-32-19)23-11-12-25-26(14-23)27(20(2)34)17-33(30(25)36)16-22-9-6-10-24(13-22)29(35)31-15-21-7-4-3-5-8-21/h3-14,17-18,20,34H,15-16H2,1-2H3,(H,31,35). The minimum absolute atomic E-state index is 0.174. The fourth-order valence-electron chi connectivity index (χ4n) is 4.50. The van der Waals surface area contributed by atoms with E-state index in [4.69, 9.17) is 4.52 Å². The molecule has 0 fully saturated rings. The van der Waals surface area contributed by atoms with E-state index >= 15 is 0 Å². The average molecular weight is 494 g/mol. The van der Waals surface area contributed by atoms with Gasteiger partial charge in [0.2, 0.25) is 0 Å². The molecule has 3 aromatic carbocycles. The Balaban J connectivity index is 1.45. The number of fused-ring (bicyclic) bond motifs is 1. The number of hydrogen-bond donors (Lipinski definition) is 2. The zero-order chi connectivity index (χ0) is 25.9. The van der Waals surface area contributed by atoms with Gasteiger partial charge >= 0.3 is 0 Å². The highest BCUT2D eigenvalue weighted by atomic mass is 16.5. The van der Waals surface area contributed by atoms with Crippen molar-refractivity contribution in [1.29, 1.82) is 0 Å². The van der Waals surface area contributed by atoms with Crippen LogP contribution in [0.3, 0.4) is 0 Å². The van der Waals surface area contributed by atoms with Gasteiger partial charge in [0.25, 0.3) is 11.5 Å². The van der Waals surface area contributed by atoms with E-state index in [1.807, 2.05) is 61.5 Å². The maximum Gasteiger partial charge on any atom is 0.258 e. The van der Waals surface area contributed by atoms with Gasteiger partial charge in [-0.3, -0.25) is 9.59 Å². The molecule has 5 aromatic rings. The number of aromatic nitrogens is 2. The molecule has 7 heteroatoms. The highest BCUT2D eigenvalue weighted by molar-refractivity contribution is 5.94. The molecule has 2 N–H and O–H groups in total. The van der Waals surface area contributed by atoms with Gasteiger partial charge in [-0.15, -0.1) is 0 Å². The highest BCUT2D eigenvalue weighted by Crippen LogP contribution is 2.29. The SMILES string of the molecule is Cc1nocc1-c1ccc2c(=O)n(Cc3cccc(C(=O)NCc4ccccc4)c3)cc(C(C)O)c2c1. The lowest BCUT2D eigenvalue weighted by Crippen LogP contribution is -2.24. The molecule has 0 saturated carbocycles. The molecule has 186 valence electrons. The molecule has 2 heterocycles. The van der Waals surface area contributed by atoms with Crippen LogP contribution < -0.4 is 10.9 Å². The van der Waals surface area contributed by atoms with Crippen LogP contribution in [0.5, 0.6) is 0 Å². The summed E-state index contributed by atoms with van der Waals surface area (Å²) in [5, 5.41) is 18.6. The Morgan fingerprint density at radius 1 is 1.03 bits per heavy atom. The molecule has 1 atom stereocenters. The smallest absolute Gasteiger partial charge is 0.258 e. The first-order valence-electron chi connectivity index (χ1n) is 12.1. The van der Waals surface area contributed by atoms with Gasteiger partial charge in [-0.1, -0.05) is 53.7 Å². The summed E-state index contributed by atoms with van der Waals surface area (Å²) in [6.07, 6.45) is 2.48. The minimum Gasteiger partial charge on any atom is -0.389 e. The number of nitrogens with zero attached hydrogens (tertiary/aromatic N) is 2. The number of carbonyl (C=O) groups is 1. The van der Waals surface area contributed by atoms with Gasteiger partial charge in [-0.2, -0.15) is 0 Å². The maximum absolute atomic E-state index is 13.4. The van der Waals surface area contributed by atoms with E-state index in [0.717, 1.165) is 27.9 Å². The number of carbonyl (C=O) groups excluding carboxylic acids is 1. The second kappa shape index (κ2) is 10.2. The van der Waals surface area contributed by atoms with Gasteiger partial charge in [0.1, 0.15) is 6.26 Å². The molecule has 0 aliphatic heterocycles. The monoisotopic (exact) mass is 493 g/mol. The minimum atomic E-state index is -0.789. The lowest BCUT2D eigenvalue weighted by molar-refractivity contribution is 0.0950. The first kappa shape index (κ1) is 24.2. The molecule has 7 nitrogen and oxygen atoms in total. The van der Waals surface area contributed by atoms with Gasteiger partial charge < -0.3 is 19.5 Å². The number of benzene rings is 3. The summed E-state index contributed by atoms with van der Waals surface area (Å²) in [7, 11) is 0. The molecule has 1 unspecified atom stereocenters. The Hall–Kier alpha value is -4.49. The van der Waals surface area contributed by atoms with Crippen molar-refractivity contribution < 1.29 is 14.4 Å². The van der Waals surface area contributed by atoms with Gasteiger partial charge in [-0.05, 0) is 60.2 Å². The van der Waals surface area contributed by atoms with E-state index in [9.17, 15) is 14.7 Å². The van der Waals surface area contributed by atoms with Crippen molar-refractivity contribution in [2.75, 3.05) is 0 Å². The first-order valence-corrected chi connectivity index (χ1v) is 12.1. The molecule has 0 spiro atoms. The van der Waals surface area contributed by atoms with Crippen LogP contribution in [0.1, 0.15) is 45.8 Å². The van der Waals surface area contributed by atoms with Crippen molar-refractivity contribution in [3.05, 3.63) is 124 Å². The lowest BCUT2D eigenvalue weighted by atomic mass is 9.98. The van der Waals surface area contributed by atoms with Crippen molar-refractivity contribution in [3.63, 3.8) is 0 Å². The van der Waals surface area contributed by atoms with Crippen molar-refractivity contribution in [1.82, 2.24) is 15.0 Å². The normalized spacial score (nSPS) is 12.0. The van der Waals surface area contributed by atoms with Crippen LogP contribution in [0.4, 0.5) is 0 Å². The van der Waals surface area contributed by atoms with E-state index in [-0.39, 0.29) is 18.0 Å². The van der Waals surface area contributed by atoms with E-state index in [0.29, 0.717) is 28.4 Å². The summed E-state index contributed by atoms with van der Waals surface area (Å²) >= 11 is 0. The number of rotatable bonds is 7. The lowest BCUT2D eigenvalue weighted by Gasteiger charge is -2.15. The fourth-order valence-corrected chi connectivity index (χ4v) is 4.50. The molecule has 2 aromatic heterocycles. The number of hydrogen-bond acceptors (Lipinski definition) is 5. The molecule has 37 heavy (non-hydrogen) atoms. The summed E-state index contributed by atoms with van der Waals surface area (Å²) in [4.78, 5) is 26.2. The van der Waals surface area contributed by atoms with Crippen molar-refractivity contribution >= 4 is 16.7 Å². The number of aliphatic hydroxyl groups excluding tert-OH is 1. The summed E-state index contributed by atoms with van der Waals surface area (Å²) < 4.78 is 6.65. The Morgan fingerprint density at radius 2 is 1.81 bits per heavy atom. The van der Waals surface area contributed by atoms with Crippen LogP contribution in [0, 0.1) is 6.92 Å². The summed E-state index contributed by atoms with van der Waals surface area (Å²) in [6, 6.07) is 22.5. The zero-order valence-electron chi connectivity index (χ0n) is 20.6. The number of pyridine rings is 1. The van der Waals surface area contributed by atoms with E-state index < -0.39 is 6.10 Å². The second-order valence-electron chi connectivity index (χ2n) is 9.14. The van der Waals surface area contributed by atoms with E-state index in [1.165, 1.54) is 0 Å².